The number of rotatable bonds is 7. The van der Waals surface area contributed by atoms with Crippen LogP contribution in [-0.4, -0.2) is 62.5 Å². The van der Waals surface area contributed by atoms with E-state index in [2.05, 4.69) is 0 Å². The van der Waals surface area contributed by atoms with Crippen molar-refractivity contribution in [1.82, 2.24) is 4.90 Å². The van der Waals surface area contributed by atoms with Crippen molar-refractivity contribution in [3.63, 3.8) is 0 Å². The first-order valence-corrected chi connectivity index (χ1v) is 10.4. The summed E-state index contributed by atoms with van der Waals surface area (Å²) in [7, 11) is -3.08. The monoisotopic (exact) mass is 383 g/mol. The average Bonchev–Trinajstić information content (AvgIpc) is 2.92. The van der Waals surface area contributed by atoms with Gasteiger partial charge in [-0.05, 0) is 38.8 Å². The second kappa shape index (κ2) is 8.53. The molecule has 1 saturated heterocycles. The molecule has 0 bridgehead atoms. The molecule has 7 nitrogen and oxygen atoms in total. The van der Waals surface area contributed by atoms with E-state index in [1.807, 2.05) is 26.0 Å². The van der Waals surface area contributed by atoms with Crippen molar-refractivity contribution in [2.75, 3.05) is 31.3 Å². The second-order valence-corrected chi connectivity index (χ2v) is 8.68. The molecule has 0 saturated carbocycles. The van der Waals surface area contributed by atoms with E-state index < -0.39 is 28.3 Å². The Morgan fingerprint density at radius 3 is 2.54 bits per heavy atom. The molecule has 1 aromatic carbocycles. The van der Waals surface area contributed by atoms with Gasteiger partial charge in [0.05, 0.1) is 11.5 Å². The summed E-state index contributed by atoms with van der Waals surface area (Å²) >= 11 is 0. The maximum absolute atomic E-state index is 12.3. The highest BCUT2D eigenvalue weighted by Gasteiger charge is 2.34. The predicted molar refractivity (Wildman–Crippen MR) is 96.8 cm³/mol. The largest absolute Gasteiger partial charge is 0.482 e. The second-order valence-electron chi connectivity index (χ2n) is 6.45. The fourth-order valence-electron chi connectivity index (χ4n) is 3.02. The summed E-state index contributed by atoms with van der Waals surface area (Å²) in [6.45, 7) is 5.28. The number of likely N-dealkylation sites (N-methyl/N-ethyl adjacent to an activating group) is 1. The van der Waals surface area contributed by atoms with Crippen LogP contribution in [0.4, 0.5) is 0 Å². The molecular formula is C18H25NO6S. The molecule has 0 aromatic heterocycles. The zero-order valence-electron chi connectivity index (χ0n) is 15.4. The van der Waals surface area contributed by atoms with E-state index in [-0.39, 0.29) is 24.2 Å². The molecule has 1 amide bonds. The highest BCUT2D eigenvalue weighted by molar-refractivity contribution is 7.91. The van der Waals surface area contributed by atoms with E-state index in [9.17, 15) is 18.0 Å². The Kier molecular flexibility index (Phi) is 6.63. The number of sulfone groups is 1. The van der Waals surface area contributed by atoms with E-state index in [4.69, 9.17) is 9.47 Å². The van der Waals surface area contributed by atoms with Crippen molar-refractivity contribution in [2.24, 2.45) is 0 Å². The molecule has 1 aliphatic heterocycles. The molecule has 1 aromatic rings. The van der Waals surface area contributed by atoms with Crippen molar-refractivity contribution in [3.05, 3.63) is 29.3 Å². The summed E-state index contributed by atoms with van der Waals surface area (Å²) in [6, 6.07) is 5.26. The van der Waals surface area contributed by atoms with Crippen LogP contribution in [-0.2, 0) is 24.2 Å². The number of esters is 1. The van der Waals surface area contributed by atoms with Crippen molar-refractivity contribution in [1.29, 1.82) is 0 Å². The molecular weight excluding hydrogens is 358 g/mol. The number of aryl methyl sites for hydroxylation is 2. The number of nitrogens with zero attached hydrogens (tertiary/aromatic N) is 1. The normalized spacial score (nSPS) is 18.3. The molecule has 0 aliphatic carbocycles. The third-order valence-corrected chi connectivity index (χ3v) is 6.09. The molecule has 1 aliphatic rings. The molecule has 1 heterocycles. The molecule has 144 valence electrons. The summed E-state index contributed by atoms with van der Waals surface area (Å²) in [5.74, 6) is -0.394. The molecule has 2 rings (SSSR count). The van der Waals surface area contributed by atoms with Gasteiger partial charge in [0.25, 0.3) is 5.91 Å². The van der Waals surface area contributed by atoms with Gasteiger partial charge in [-0.2, -0.15) is 0 Å². The molecule has 0 radical (unpaired) electrons. The zero-order chi connectivity index (χ0) is 19.3. The topological polar surface area (TPSA) is 90.0 Å². The van der Waals surface area contributed by atoms with Crippen molar-refractivity contribution < 1.29 is 27.5 Å². The van der Waals surface area contributed by atoms with E-state index in [1.165, 1.54) is 4.90 Å². The lowest BCUT2D eigenvalue weighted by atomic mass is 10.1. The number of hydrogen-bond donors (Lipinski definition) is 0. The molecule has 26 heavy (non-hydrogen) atoms. The van der Waals surface area contributed by atoms with Crippen LogP contribution >= 0.6 is 0 Å². The lowest BCUT2D eigenvalue weighted by Gasteiger charge is -2.26. The zero-order valence-corrected chi connectivity index (χ0v) is 16.2. The molecule has 0 unspecified atom stereocenters. The van der Waals surface area contributed by atoms with Gasteiger partial charge in [0.1, 0.15) is 5.75 Å². The van der Waals surface area contributed by atoms with Crippen molar-refractivity contribution >= 4 is 21.7 Å². The predicted octanol–water partition coefficient (Wildman–Crippen LogP) is 1.26. The summed E-state index contributed by atoms with van der Waals surface area (Å²) in [6.07, 6.45) is 0.422. The van der Waals surface area contributed by atoms with Crippen molar-refractivity contribution in [3.8, 4) is 5.75 Å². The number of carbonyl (C=O) groups excluding carboxylic acids is 2. The number of benzene rings is 1. The van der Waals surface area contributed by atoms with Crippen LogP contribution in [0.25, 0.3) is 0 Å². The van der Waals surface area contributed by atoms with Gasteiger partial charge in [-0.3, -0.25) is 4.79 Å². The van der Waals surface area contributed by atoms with Crippen molar-refractivity contribution in [2.45, 2.75) is 33.2 Å². The third-order valence-electron chi connectivity index (χ3n) is 4.34. The van der Waals surface area contributed by atoms with E-state index in [0.29, 0.717) is 18.7 Å². The SMILES string of the molecule is CCN(C(=O)COC(=O)COc1ccc(C)cc1C)[C@@H]1CCS(=O)(=O)C1. The number of ether oxygens (including phenoxy) is 2. The van der Waals surface area contributed by atoms with Crippen LogP contribution in [0.1, 0.15) is 24.5 Å². The lowest BCUT2D eigenvalue weighted by molar-refractivity contribution is -0.154. The van der Waals surface area contributed by atoms with E-state index >= 15 is 0 Å². The lowest BCUT2D eigenvalue weighted by Crippen LogP contribution is -2.43. The third kappa shape index (κ3) is 5.45. The van der Waals surface area contributed by atoms with Gasteiger partial charge < -0.3 is 14.4 Å². The number of amides is 1. The fraction of sp³-hybridized carbons (Fsp3) is 0.556. The highest BCUT2D eigenvalue weighted by atomic mass is 32.2. The Hall–Kier alpha value is -2.09. The Bertz CT molecular complexity index is 774. The van der Waals surface area contributed by atoms with Crippen LogP contribution in [0.5, 0.6) is 5.75 Å². The highest BCUT2D eigenvalue weighted by Crippen LogP contribution is 2.19. The van der Waals surface area contributed by atoms with Gasteiger partial charge in [0.15, 0.2) is 23.1 Å². The van der Waals surface area contributed by atoms with Crippen LogP contribution in [0.3, 0.4) is 0 Å². The Labute approximate surface area is 154 Å². The molecule has 8 heteroatoms. The molecule has 1 fully saturated rings. The standard InChI is InChI=1S/C18H25NO6S/c1-4-19(15-7-8-26(22,23)12-15)17(20)10-25-18(21)11-24-16-6-5-13(2)9-14(16)3/h5-6,9,15H,4,7-8,10-12H2,1-3H3/t15-/m1/s1. The van der Waals surface area contributed by atoms with Crippen LogP contribution in [0.15, 0.2) is 18.2 Å². The first-order chi connectivity index (χ1) is 12.2. The minimum absolute atomic E-state index is 0.0314. The maximum Gasteiger partial charge on any atom is 0.344 e. The van der Waals surface area contributed by atoms with Gasteiger partial charge in [-0.25, -0.2) is 13.2 Å². The Balaban J connectivity index is 1.81. The van der Waals surface area contributed by atoms with Gasteiger partial charge in [-0.1, -0.05) is 17.7 Å². The minimum Gasteiger partial charge on any atom is -0.482 e. The molecule has 0 spiro atoms. The fourth-order valence-corrected chi connectivity index (χ4v) is 4.75. The summed E-state index contributed by atoms with van der Waals surface area (Å²) in [5, 5.41) is 0. The summed E-state index contributed by atoms with van der Waals surface area (Å²) in [5.41, 5.74) is 2.00. The first-order valence-electron chi connectivity index (χ1n) is 8.57. The van der Waals surface area contributed by atoms with Gasteiger partial charge in [0.2, 0.25) is 0 Å². The maximum atomic E-state index is 12.3. The van der Waals surface area contributed by atoms with Crippen LogP contribution in [0, 0.1) is 13.8 Å². The first kappa shape index (κ1) is 20.2. The quantitative estimate of drug-likeness (QED) is 0.659. The van der Waals surface area contributed by atoms with Gasteiger partial charge in [0, 0.05) is 12.6 Å². The smallest absolute Gasteiger partial charge is 0.344 e. The van der Waals surface area contributed by atoms with Crippen LogP contribution in [0.2, 0.25) is 0 Å². The molecule has 1 atom stereocenters. The van der Waals surface area contributed by atoms with Gasteiger partial charge in [-0.15, -0.1) is 0 Å². The van der Waals surface area contributed by atoms with Gasteiger partial charge >= 0.3 is 5.97 Å². The summed E-state index contributed by atoms with van der Waals surface area (Å²) < 4.78 is 33.6. The van der Waals surface area contributed by atoms with E-state index in [0.717, 1.165) is 11.1 Å². The van der Waals surface area contributed by atoms with Crippen LogP contribution < -0.4 is 4.74 Å². The van der Waals surface area contributed by atoms with E-state index in [1.54, 1.807) is 13.0 Å². The Morgan fingerprint density at radius 1 is 1.23 bits per heavy atom. The average molecular weight is 383 g/mol. The Morgan fingerprint density at radius 2 is 1.96 bits per heavy atom. The molecule has 0 N–H and O–H groups in total. The minimum atomic E-state index is -3.08. The number of carbonyl (C=O) groups is 2. The number of hydrogen-bond acceptors (Lipinski definition) is 6. The summed E-state index contributed by atoms with van der Waals surface area (Å²) in [4.78, 5) is 25.5.